The summed E-state index contributed by atoms with van der Waals surface area (Å²) in [6, 6.07) is 3.30. The summed E-state index contributed by atoms with van der Waals surface area (Å²) in [5.41, 5.74) is 3.23. The van der Waals surface area contributed by atoms with Crippen LogP contribution in [0.1, 0.15) is 32.6 Å². The van der Waals surface area contributed by atoms with Gasteiger partial charge < -0.3 is 0 Å². The van der Waals surface area contributed by atoms with Crippen LogP contribution < -0.4 is 11.3 Å². The highest BCUT2D eigenvalue weighted by Gasteiger charge is 2.31. The van der Waals surface area contributed by atoms with Gasteiger partial charge in [-0.15, -0.1) is 11.3 Å². The van der Waals surface area contributed by atoms with Gasteiger partial charge in [-0.25, -0.2) is 10.4 Å². The van der Waals surface area contributed by atoms with E-state index in [-0.39, 0.29) is 6.04 Å². The van der Waals surface area contributed by atoms with Crippen LogP contribution in [-0.4, -0.2) is 4.98 Å². The minimum atomic E-state index is -4.34. The third-order valence-electron chi connectivity index (χ3n) is 3.00. The Kier molecular flexibility index (Phi) is 4.12. The zero-order valence-electron chi connectivity index (χ0n) is 11.0. The van der Waals surface area contributed by atoms with Gasteiger partial charge in [-0.2, -0.15) is 13.2 Å². The SMILES string of the molecule is Cc1ncc(C(NN)c2ccc(C(F)(F)F)cc2C)s1. The molecule has 3 nitrogen and oxygen atoms in total. The molecule has 0 amide bonds. The summed E-state index contributed by atoms with van der Waals surface area (Å²) in [5.74, 6) is 5.55. The van der Waals surface area contributed by atoms with Gasteiger partial charge in [-0.1, -0.05) is 6.07 Å². The molecule has 0 fully saturated rings. The van der Waals surface area contributed by atoms with Gasteiger partial charge in [0.25, 0.3) is 0 Å². The van der Waals surface area contributed by atoms with Crippen molar-refractivity contribution in [1.82, 2.24) is 10.4 Å². The molecular formula is C13H14F3N3S. The zero-order chi connectivity index (χ0) is 14.9. The standard InChI is InChI=1S/C13H14F3N3S/c1-7-5-9(13(14,15)16)3-4-10(7)12(19-17)11-6-18-8(2)20-11/h3-6,12,19H,17H2,1-2H3. The van der Waals surface area contributed by atoms with Gasteiger partial charge in [-0.05, 0) is 37.1 Å². The average molecular weight is 301 g/mol. The third kappa shape index (κ3) is 3.00. The summed E-state index contributed by atoms with van der Waals surface area (Å²) in [6.07, 6.45) is -2.66. The Morgan fingerprint density at radius 1 is 1.30 bits per heavy atom. The number of hydrogen-bond acceptors (Lipinski definition) is 4. The molecule has 0 saturated heterocycles. The first-order valence-corrected chi connectivity index (χ1v) is 6.70. The van der Waals surface area contributed by atoms with Crippen LogP contribution in [0.25, 0.3) is 0 Å². The molecule has 0 spiro atoms. The number of benzene rings is 1. The van der Waals surface area contributed by atoms with E-state index in [4.69, 9.17) is 5.84 Å². The van der Waals surface area contributed by atoms with Crippen molar-refractivity contribution in [3.8, 4) is 0 Å². The van der Waals surface area contributed by atoms with Crippen molar-refractivity contribution in [2.24, 2.45) is 5.84 Å². The van der Waals surface area contributed by atoms with E-state index >= 15 is 0 Å². The Morgan fingerprint density at radius 3 is 2.45 bits per heavy atom. The second kappa shape index (κ2) is 5.51. The number of thiazole rings is 1. The molecule has 0 bridgehead atoms. The van der Waals surface area contributed by atoms with Gasteiger partial charge in [0.15, 0.2) is 0 Å². The maximum atomic E-state index is 12.7. The van der Waals surface area contributed by atoms with Crippen LogP contribution in [0.5, 0.6) is 0 Å². The van der Waals surface area contributed by atoms with Crippen LogP contribution in [0.4, 0.5) is 13.2 Å². The third-order valence-corrected chi connectivity index (χ3v) is 3.98. The van der Waals surface area contributed by atoms with E-state index in [0.717, 1.165) is 22.0 Å². The molecule has 3 N–H and O–H groups in total. The van der Waals surface area contributed by atoms with E-state index in [1.807, 2.05) is 6.92 Å². The molecule has 1 heterocycles. The van der Waals surface area contributed by atoms with Crippen LogP contribution >= 0.6 is 11.3 Å². The van der Waals surface area contributed by atoms with Gasteiger partial charge in [0.05, 0.1) is 16.6 Å². The van der Waals surface area contributed by atoms with Crippen LogP contribution in [-0.2, 0) is 6.18 Å². The number of alkyl halides is 3. The lowest BCUT2D eigenvalue weighted by Gasteiger charge is -2.18. The molecule has 0 aliphatic heterocycles. The molecule has 0 aliphatic carbocycles. The number of hydrogen-bond donors (Lipinski definition) is 2. The molecule has 0 radical (unpaired) electrons. The van der Waals surface area contributed by atoms with E-state index < -0.39 is 11.7 Å². The van der Waals surface area contributed by atoms with E-state index in [0.29, 0.717) is 11.1 Å². The fourth-order valence-corrected chi connectivity index (χ4v) is 2.88. The minimum absolute atomic E-state index is 0.358. The number of aryl methyl sites for hydroxylation is 2. The first kappa shape index (κ1) is 15.0. The molecule has 0 saturated carbocycles. The fraction of sp³-hybridized carbons (Fsp3) is 0.308. The van der Waals surface area contributed by atoms with Crippen LogP contribution in [0.15, 0.2) is 24.4 Å². The van der Waals surface area contributed by atoms with Crippen molar-refractivity contribution in [2.75, 3.05) is 0 Å². The molecule has 1 aromatic heterocycles. The molecule has 2 aromatic rings. The van der Waals surface area contributed by atoms with Crippen molar-refractivity contribution in [1.29, 1.82) is 0 Å². The highest BCUT2D eigenvalue weighted by molar-refractivity contribution is 7.11. The predicted molar refractivity (Wildman–Crippen MR) is 72.2 cm³/mol. The summed E-state index contributed by atoms with van der Waals surface area (Å²) >= 11 is 1.46. The van der Waals surface area contributed by atoms with Crippen molar-refractivity contribution < 1.29 is 13.2 Å². The highest BCUT2D eigenvalue weighted by Crippen LogP contribution is 2.33. The molecule has 2 rings (SSSR count). The number of nitrogens with zero attached hydrogens (tertiary/aromatic N) is 1. The number of halogens is 3. The molecule has 7 heteroatoms. The van der Waals surface area contributed by atoms with Crippen LogP contribution in [0, 0.1) is 13.8 Å². The molecule has 20 heavy (non-hydrogen) atoms. The molecule has 1 unspecified atom stereocenters. The highest BCUT2D eigenvalue weighted by atomic mass is 32.1. The number of rotatable bonds is 3. The molecule has 1 aromatic carbocycles. The summed E-state index contributed by atoms with van der Waals surface area (Å²) in [4.78, 5) is 5.01. The van der Waals surface area contributed by atoms with Crippen molar-refractivity contribution in [3.05, 3.63) is 51.0 Å². The lowest BCUT2D eigenvalue weighted by atomic mass is 9.98. The zero-order valence-corrected chi connectivity index (χ0v) is 11.8. The number of nitrogens with one attached hydrogen (secondary N) is 1. The van der Waals surface area contributed by atoms with Crippen molar-refractivity contribution in [3.63, 3.8) is 0 Å². The number of aromatic nitrogens is 1. The van der Waals surface area contributed by atoms with E-state index in [2.05, 4.69) is 10.4 Å². The second-order valence-corrected chi connectivity index (χ2v) is 5.72. The first-order chi connectivity index (χ1) is 9.32. The molecule has 0 aliphatic rings. The maximum Gasteiger partial charge on any atom is 0.416 e. The number of hydrazine groups is 1. The van der Waals surface area contributed by atoms with Gasteiger partial charge in [0.1, 0.15) is 0 Å². The normalized spacial score (nSPS) is 13.5. The predicted octanol–water partition coefficient (Wildman–Crippen LogP) is 3.33. The summed E-state index contributed by atoms with van der Waals surface area (Å²) < 4.78 is 38.0. The fourth-order valence-electron chi connectivity index (χ4n) is 2.01. The van der Waals surface area contributed by atoms with Gasteiger partial charge in [-0.3, -0.25) is 5.84 Å². The minimum Gasteiger partial charge on any atom is -0.271 e. The topological polar surface area (TPSA) is 50.9 Å². The Morgan fingerprint density at radius 2 is 2.00 bits per heavy atom. The van der Waals surface area contributed by atoms with Crippen LogP contribution in [0.2, 0.25) is 0 Å². The quantitative estimate of drug-likeness (QED) is 0.675. The van der Waals surface area contributed by atoms with Crippen molar-refractivity contribution >= 4 is 11.3 Å². The van der Waals surface area contributed by atoms with Crippen LogP contribution in [0.3, 0.4) is 0 Å². The van der Waals surface area contributed by atoms with E-state index in [9.17, 15) is 13.2 Å². The smallest absolute Gasteiger partial charge is 0.271 e. The Hall–Kier alpha value is -1.44. The van der Waals surface area contributed by atoms with Gasteiger partial charge in [0.2, 0.25) is 0 Å². The monoisotopic (exact) mass is 301 g/mol. The molecule has 108 valence electrons. The lowest BCUT2D eigenvalue weighted by Crippen LogP contribution is -2.29. The molecular weight excluding hydrogens is 287 g/mol. The Labute approximate surface area is 118 Å². The summed E-state index contributed by atoms with van der Waals surface area (Å²) in [7, 11) is 0. The second-order valence-electron chi connectivity index (χ2n) is 4.45. The van der Waals surface area contributed by atoms with E-state index in [1.165, 1.54) is 17.4 Å². The van der Waals surface area contributed by atoms with Crippen molar-refractivity contribution in [2.45, 2.75) is 26.1 Å². The van der Waals surface area contributed by atoms with Gasteiger partial charge >= 0.3 is 6.18 Å². The molecule has 1 atom stereocenters. The maximum absolute atomic E-state index is 12.7. The Bertz CT molecular complexity index is 607. The number of nitrogens with two attached hydrogens (primary N) is 1. The average Bonchev–Trinajstić information content (AvgIpc) is 2.77. The summed E-state index contributed by atoms with van der Waals surface area (Å²) in [6.45, 7) is 3.50. The summed E-state index contributed by atoms with van der Waals surface area (Å²) in [5, 5.41) is 0.879. The largest absolute Gasteiger partial charge is 0.416 e. The van der Waals surface area contributed by atoms with Gasteiger partial charge in [0, 0.05) is 11.1 Å². The van der Waals surface area contributed by atoms with E-state index in [1.54, 1.807) is 13.1 Å². The lowest BCUT2D eigenvalue weighted by molar-refractivity contribution is -0.137. The Balaban J connectivity index is 2.41. The first-order valence-electron chi connectivity index (χ1n) is 5.89.